The van der Waals surface area contributed by atoms with E-state index in [1.165, 1.54) is 25.2 Å². The van der Waals surface area contributed by atoms with Gasteiger partial charge in [-0.3, -0.25) is 4.67 Å². The SMILES string of the molecule is CC.CNS(=O)(=O)c1ccc(O)c(C2SC(C)(C)CN2PCl)c1. The van der Waals surface area contributed by atoms with Crippen molar-refractivity contribution in [2.75, 3.05) is 13.6 Å². The Kier molecular flexibility index (Phi) is 7.64. The number of phenolic OH excluding ortho intramolecular Hbond substituents is 1. The van der Waals surface area contributed by atoms with Crippen LogP contribution in [0.4, 0.5) is 0 Å². The van der Waals surface area contributed by atoms with Gasteiger partial charge in [-0.05, 0) is 39.1 Å². The number of thioether (sulfide) groups is 1. The molecule has 0 aromatic heterocycles. The molecule has 0 saturated carbocycles. The smallest absolute Gasteiger partial charge is 0.240 e. The first-order valence-corrected chi connectivity index (χ1v) is 11.6. The molecule has 0 radical (unpaired) electrons. The molecule has 1 aromatic carbocycles. The predicted octanol–water partition coefficient (Wildman–Crippen LogP) is 3.90. The summed E-state index contributed by atoms with van der Waals surface area (Å²) < 4.78 is 28.2. The largest absolute Gasteiger partial charge is 0.508 e. The molecule has 0 aliphatic carbocycles. The highest BCUT2D eigenvalue weighted by molar-refractivity contribution is 8.01. The van der Waals surface area contributed by atoms with Gasteiger partial charge in [-0.25, -0.2) is 13.1 Å². The minimum Gasteiger partial charge on any atom is -0.508 e. The Labute approximate surface area is 149 Å². The third-order valence-corrected chi connectivity index (χ3v) is 7.60. The third-order valence-electron chi connectivity index (χ3n) is 3.22. The number of nitrogens with one attached hydrogen (secondary N) is 1. The number of nitrogens with zero attached hydrogens (tertiary/aromatic N) is 1. The Morgan fingerprint density at radius 1 is 1.43 bits per heavy atom. The summed E-state index contributed by atoms with van der Waals surface area (Å²) in [6.07, 6.45) is 0. The molecule has 5 nitrogen and oxygen atoms in total. The molecule has 0 amide bonds. The highest BCUT2D eigenvalue weighted by Gasteiger charge is 2.40. The number of halogens is 1. The zero-order chi connectivity index (χ0) is 17.8. The summed E-state index contributed by atoms with van der Waals surface area (Å²) >= 11 is 7.69. The molecule has 1 aromatic rings. The molecule has 1 fully saturated rings. The molecule has 9 heteroatoms. The number of rotatable bonds is 4. The first-order valence-electron chi connectivity index (χ1n) is 7.27. The van der Waals surface area contributed by atoms with E-state index < -0.39 is 10.0 Å². The fraction of sp³-hybridized carbons (Fsp3) is 0.571. The van der Waals surface area contributed by atoms with Crippen LogP contribution in [0.25, 0.3) is 0 Å². The van der Waals surface area contributed by atoms with Gasteiger partial charge in [-0.15, -0.1) is 11.8 Å². The maximum absolute atomic E-state index is 11.9. The Hall–Kier alpha value is -0.0400. The summed E-state index contributed by atoms with van der Waals surface area (Å²) in [5.41, 5.74) is 0.579. The Morgan fingerprint density at radius 2 is 2.04 bits per heavy atom. The molecule has 2 N–H and O–H groups in total. The van der Waals surface area contributed by atoms with Crippen LogP contribution in [-0.2, 0) is 10.0 Å². The number of sulfonamides is 1. The van der Waals surface area contributed by atoms with Crippen LogP contribution in [0.1, 0.15) is 38.6 Å². The molecule has 1 saturated heterocycles. The van der Waals surface area contributed by atoms with E-state index in [1.54, 1.807) is 11.8 Å². The lowest BCUT2D eigenvalue weighted by molar-refractivity contribution is 0.424. The van der Waals surface area contributed by atoms with Crippen LogP contribution in [0.15, 0.2) is 23.1 Å². The normalized spacial score (nSPS) is 21.4. The topological polar surface area (TPSA) is 69.6 Å². The van der Waals surface area contributed by atoms with E-state index in [4.69, 9.17) is 11.2 Å². The fourth-order valence-electron chi connectivity index (χ4n) is 2.22. The maximum atomic E-state index is 11.9. The zero-order valence-electron chi connectivity index (χ0n) is 13.9. The van der Waals surface area contributed by atoms with Crippen molar-refractivity contribution in [3.63, 3.8) is 0 Å². The molecule has 1 aliphatic heterocycles. The van der Waals surface area contributed by atoms with Gasteiger partial charge in [0, 0.05) is 24.9 Å². The van der Waals surface area contributed by atoms with Crippen molar-refractivity contribution in [2.24, 2.45) is 0 Å². The highest BCUT2D eigenvalue weighted by Crippen LogP contribution is 2.55. The predicted molar refractivity (Wildman–Crippen MR) is 101 cm³/mol. The first-order chi connectivity index (χ1) is 10.7. The molecule has 2 rings (SSSR count). The van der Waals surface area contributed by atoms with Gasteiger partial charge in [-0.2, -0.15) is 0 Å². The fourth-order valence-corrected chi connectivity index (χ4v) is 6.08. The summed E-state index contributed by atoms with van der Waals surface area (Å²) in [4.78, 5) is 0.140. The summed E-state index contributed by atoms with van der Waals surface area (Å²) in [5.74, 6) is 0.0835. The van der Waals surface area contributed by atoms with E-state index in [2.05, 4.69) is 18.6 Å². The van der Waals surface area contributed by atoms with Crippen LogP contribution < -0.4 is 4.72 Å². The van der Waals surface area contributed by atoms with Crippen LogP contribution in [0.5, 0.6) is 5.75 Å². The summed E-state index contributed by atoms with van der Waals surface area (Å²) in [5, 5.41) is 9.97. The summed E-state index contributed by atoms with van der Waals surface area (Å²) in [6, 6.07) is 4.33. The molecule has 1 heterocycles. The third kappa shape index (κ3) is 4.97. The monoisotopic (exact) mass is 398 g/mol. The average Bonchev–Trinajstić information content (AvgIpc) is 2.84. The Balaban J connectivity index is 0.00000127. The van der Waals surface area contributed by atoms with Crippen LogP contribution >= 0.6 is 31.1 Å². The van der Waals surface area contributed by atoms with E-state index >= 15 is 0 Å². The second-order valence-corrected chi connectivity index (χ2v) is 10.3. The molecule has 1 aliphatic rings. The highest BCUT2D eigenvalue weighted by atomic mass is 35.7. The number of phenols is 1. The molecule has 0 spiro atoms. The van der Waals surface area contributed by atoms with E-state index in [0.717, 1.165) is 6.54 Å². The van der Waals surface area contributed by atoms with Crippen molar-refractivity contribution in [3.8, 4) is 5.75 Å². The van der Waals surface area contributed by atoms with Crippen molar-refractivity contribution < 1.29 is 13.5 Å². The van der Waals surface area contributed by atoms with E-state index in [-0.39, 0.29) is 28.9 Å². The molecule has 23 heavy (non-hydrogen) atoms. The Morgan fingerprint density at radius 3 is 2.57 bits per heavy atom. The van der Waals surface area contributed by atoms with Gasteiger partial charge in [0.2, 0.25) is 10.0 Å². The number of aromatic hydroxyl groups is 1. The van der Waals surface area contributed by atoms with Crippen molar-refractivity contribution in [1.82, 2.24) is 9.39 Å². The van der Waals surface area contributed by atoms with E-state index in [9.17, 15) is 13.5 Å². The van der Waals surface area contributed by atoms with Crippen molar-refractivity contribution in [3.05, 3.63) is 23.8 Å². The lowest BCUT2D eigenvalue weighted by Crippen LogP contribution is -2.21. The van der Waals surface area contributed by atoms with Crippen LogP contribution in [-0.4, -0.2) is 36.5 Å². The Bertz CT molecular complexity index is 641. The number of hydrogen-bond donors (Lipinski definition) is 2. The van der Waals surface area contributed by atoms with Gasteiger partial charge in [0.25, 0.3) is 0 Å². The molecule has 2 unspecified atom stereocenters. The van der Waals surface area contributed by atoms with Crippen molar-refractivity contribution >= 4 is 41.1 Å². The van der Waals surface area contributed by atoms with Crippen molar-refractivity contribution in [2.45, 2.75) is 42.7 Å². The second-order valence-electron chi connectivity index (χ2n) is 5.37. The molecular formula is C14H24ClN2O3PS2. The van der Waals surface area contributed by atoms with Gasteiger partial charge in [-0.1, -0.05) is 25.1 Å². The minimum absolute atomic E-state index is 0.00309. The lowest BCUT2D eigenvalue weighted by Gasteiger charge is -2.21. The van der Waals surface area contributed by atoms with Gasteiger partial charge in [0.15, 0.2) is 0 Å². The van der Waals surface area contributed by atoms with Crippen molar-refractivity contribution in [1.29, 1.82) is 0 Å². The van der Waals surface area contributed by atoms with Gasteiger partial charge < -0.3 is 5.11 Å². The zero-order valence-corrected chi connectivity index (χ0v) is 17.3. The maximum Gasteiger partial charge on any atom is 0.240 e. The minimum atomic E-state index is -3.54. The van der Waals surface area contributed by atoms with E-state index in [0.29, 0.717) is 5.56 Å². The van der Waals surface area contributed by atoms with Crippen LogP contribution in [0.3, 0.4) is 0 Å². The van der Waals surface area contributed by atoms with Crippen LogP contribution in [0, 0.1) is 0 Å². The quantitative estimate of drug-likeness (QED) is 0.753. The molecule has 132 valence electrons. The van der Waals surface area contributed by atoms with Gasteiger partial charge in [0.1, 0.15) is 5.75 Å². The standard InChI is InChI=1S/C12H18ClN2O3PS2.C2H6/c1-12(2)7-15(19-13)11(20-12)9-6-8(4-5-10(9)16)21(17,18)14-3;1-2/h4-6,11,14,16,19H,7H2,1-3H3;1-2H3. The average molecular weight is 399 g/mol. The number of hydrogen-bond acceptors (Lipinski definition) is 5. The summed E-state index contributed by atoms with van der Waals surface area (Å²) in [7, 11) is -2.10. The number of benzene rings is 1. The van der Waals surface area contributed by atoms with Crippen LogP contribution in [0.2, 0.25) is 0 Å². The molecule has 2 atom stereocenters. The first kappa shape index (κ1) is 21.0. The van der Waals surface area contributed by atoms with Gasteiger partial charge in [0.05, 0.1) is 10.3 Å². The second kappa shape index (κ2) is 8.37. The van der Waals surface area contributed by atoms with Gasteiger partial charge >= 0.3 is 0 Å². The lowest BCUT2D eigenvalue weighted by atomic mass is 10.2. The molecule has 0 bridgehead atoms. The van der Waals surface area contributed by atoms with E-state index in [1.807, 2.05) is 18.5 Å². The summed E-state index contributed by atoms with van der Waals surface area (Å²) in [6.45, 7) is 8.99. The molecular weight excluding hydrogens is 375 g/mol.